The molecule has 2 nitrogen and oxygen atoms in total. The summed E-state index contributed by atoms with van der Waals surface area (Å²) < 4.78 is 13.1. The van der Waals surface area contributed by atoms with Crippen molar-refractivity contribution in [3.63, 3.8) is 0 Å². The van der Waals surface area contributed by atoms with E-state index >= 15 is 0 Å². The highest BCUT2D eigenvalue weighted by Crippen LogP contribution is 2.40. The van der Waals surface area contributed by atoms with Crippen molar-refractivity contribution in [2.24, 2.45) is 0 Å². The lowest BCUT2D eigenvalue weighted by Crippen LogP contribution is -2.13. The summed E-state index contributed by atoms with van der Waals surface area (Å²) in [5, 5.41) is 3.53. The van der Waals surface area contributed by atoms with Gasteiger partial charge in [0.1, 0.15) is 5.82 Å². The first-order chi connectivity index (χ1) is 9.06. The Balaban J connectivity index is 2.16. The van der Waals surface area contributed by atoms with E-state index in [4.69, 9.17) is 23.2 Å². The van der Waals surface area contributed by atoms with Crippen LogP contribution in [0.4, 0.5) is 10.1 Å². The Bertz CT molecular complexity index is 687. The molecule has 19 heavy (non-hydrogen) atoms. The minimum absolute atomic E-state index is 0.189. The molecule has 1 amide bonds. The smallest absolute Gasteiger partial charge is 0.236 e. The van der Waals surface area contributed by atoms with E-state index in [1.807, 2.05) is 0 Å². The molecule has 96 valence electrons. The highest BCUT2D eigenvalue weighted by Gasteiger charge is 2.33. The van der Waals surface area contributed by atoms with Crippen LogP contribution in [-0.4, -0.2) is 5.91 Å². The van der Waals surface area contributed by atoms with Crippen molar-refractivity contribution in [1.29, 1.82) is 0 Å². The Kier molecular flexibility index (Phi) is 2.96. The van der Waals surface area contributed by atoms with Gasteiger partial charge >= 0.3 is 0 Å². The second kappa shape index (κ2) is 4.51. The largest absolute Gasteiger partial charge is 0.325 e. The molecule has 1 N–H and O–H groups in total. The predicted molar refractivity (Wildman–Crippen MR) is 73.3 cm³/mol. The quantitative estimate of drug-likeness (QED) is 0.839. The molecule has 0 bridgehead atoms. The van der Waals surface area contributed by atoms with Gasteiger partial charge in [0, 0.05) is 15.7 Å². The predicted octanol–water partition coefficient (Wildman–Crippen LogP) is 4.22. The standard InChI is InChI=1S/C14H8Cl2FNO/c15-7-1-4-12-10(5-7)13(14(19)18-12)9-3-2-8(17)6-11(9)16/h1-6,13H,(H,18,19). The van der Waals surface area contributed by atoms with Crippen molar-refractivity contribution in [1.82, 2.24) is 0 Å². The number of hydrogen-bond acceptors (Lipinski definition) is 1. The highest BCUT2D eigenvalue weighted by molar-refractivity contribution is 6.32. The molecule has 0 fully saturated rings. The summed E-state index contributed by atoms with van der Waals surface area (Å²) >= 11 is 12.0. The second-order valence-electron chi connectivity index (χ2n) is 4.32. The zero-order valence-electron chi connectivity index (χ0n) is 9.58. The molecular weight excluding hydrogens is 288 g/mol. The number of anilines is 1. The van der Waals surface area contributed by atoms with Crippen LogP contribution < -0.4 is 5.32 Å². The van der Waals surface area contributed by atoms with Gasteiger partial charge in [-0.3, -0.25) is 4.79 Å². The van der Waals surface area contributed by atoms with Crippen LogP contribution in [0.5, 0.6) is 0 Å². The van der Waals surface area contributed by atoms with Crippen molar-refractivity contribution in [2.75, 3.05) is 5.32 Å². The summed E-state index contributed by atoms with van der Waals surface area (Å²) in [4.78, 5) is 12.1. The summed E-state index contributed by atoms with van der Waals surface area (Å²) in [6, 6.07) is 9.18. The van der Waals surface area contributed by atoms with E-state index in [2.05, 4.69) is 5.32 Å². The third-order valence-corrected chi connectivity index (χ3v) is 3.68. The van der Waals surface area contributed by atoms with E-state index in [9.17, 15) is 9.18 Å². The number of rotatable bonds is 1. The summed E-state index contributed by atoms with van der Waals surface area (Å²) in [5.41, 5.74) is 2.03. The van der Waals surface area contributed by atoms with Gasteiger partial charge < -0.3 is 5.32 Å². The van der Waals surface area contributed by atoms with Gasteiger partial charge in [0.25, 0.3) is 0 Å². The number of fused-ring (bicyclic) bond motifs is 1. The molecule has 2 aromatic rings. The van der Waals surface area contributed by atoms with Crippen LogP contribution in [0.3, 0.4) is 0 Å². The first-order valence-electron chi connectivity index (χ1n) is 5.61. The monoisotopic (exact) mass is 295 g/mol. The minimum Gasteiger partial charge on any atom is -0.325 e. The van der Waals surface area contributed by atoms with Gasteiger partial charge in [-0.15, -0.1) is 0 Å². The van der Waals surface area contributed by atoms with E-state index in [0.29, 0.717) is 16.3 Å². The first-order valence-corrected chi connectivity index (χ1v) is 6.37. The van der Waals surface area contributed by atoms with Crippen LogP contribution in [0.25, 0.3) is 0 Å². The third kappa shape index (κ3) is 2.09. The van der Waals surface area contributed by atoms with E-state index in [1.54, 1.807) is 18.2 Å². The lowest BCUT2D eigenvalue weighted by atomic mass is 9.92. The molecule has 0 saturated heterocycles. The van der Waals surface area contributed by atoms with Crippen LogP contribution in [0.2, 0.25) is 10.0 Å². The molecule has 2 aromatic carbocycles. The van der Waals surface area contributed by atoms with Gasteiger partial charge in [-0.05, 0) is 41.5 Å². The molecule has 0 radical (unpaired) electrons. The van der Waals surface area contributed by atoms with Gasteiger partial charge in [-0.2, -0.15) is 0 Å². The second-order valence-corrected chi connectivity index (χ2v) is 5.16. The molecule has 0 aliphatic carbocycles. The van der Waals surface area contributed by atoms with Crippen LogP contribution in [-0.2, 0) is 4.79 Å². The zero-order valence-corrected chi connectivity index (χ0v) is 11.1. The molecule has 1 unspecified atom stereocenters. The normalized spacial score (nSPS) is 17.2. The van der Waals surface area contributed by atoms with Crippen LogP contribution in [0.1, 0.15) is 17.0 Å². The summed E-state index contributed by atoms with van der Waals surface area (Å²) in [6.07, 6.45) is 0. The number of halogens is 3. The maximum Gasteiger partial charge on any atom is 0.236 e. The summed E-state index contributed by atoms with van der Waals surface area (Å²) in [5.74, 6) is -1.17. The average Bonchev–Trinajstić information content (AvgIpc) is 2.65. The maximum absolute atomic E-state index is 13.1. The lowest BCUT2D eigenvalue weighted by Gasteiger charge is -2.11. The molecule has 0 spiro atoms. The number of carbonyl (C=O) groups excluding carboxylic acids is 1. The number of benzene rings is 2. The van der Waals surface area contributed by atoms with E-state index in [-0.39, 0.29) is 10.9 Å². The van der Waals surface area contributed by atoms with Crippen LogP contribution in [0, 0.1) is 5.82 Å². The fraction of sp³-hybridized carbons (Fsp3) is 0.0714. The number of carbonyl (C=O) groups is 1. The molecule has 1 aliphatic rings. The van der Waals surface area contributed by atoms with Crippen LogP contribution >= 0.6 is 23.2 Å². The topological polar surface area (TPSA) is 29.1 Å². The molecule has 0 aromatic heterocycles. The minimum atomic E-state index is -0.554. The summed E-state index contributed by atoms with van der Waals surface area (Å²) in [6.45, 7) is 0. The van der Waals surface area contributed by atoms with Crippen molar-refractivity contribution in [3.8, 4) is 0 Å². The molecular formula is C14H8Cl2FNO. The molecule has 0 saturated carbocycles. The Labute approximate surface area is 119 Å². The van der Waals surface area contributed by atoms with Crippen molar-refractivity contribution >= 4 is 34.8 Å². The molecule has 1 heterocycles. The average molecular weight is 296 g/mol. The Morgan fingerprint density at radius 1 is 1.05 bits per heavy atom. The van der Waals surface area contributed by atoms with Gasteiger partial charge in [0.15, 0.2) is 0 Å². The van der Waals surface area contributed by atoms with Crippen molar-refractivity contribution in [3.05, 3.63) is 63.4 Å². The van der Waals surface area contributed by atoms with Crippen molar-refractivity contribution < 1.29 is 9.18 Å². The molecule has 3 rings (SSSR count). The van der Waals surface area contributed by atoms with Gasteiger partial charge in [-0.1, -0.05) is 29.3 Å². The SMILES string of the molecule is O=C1Nc2ccc(Cl)cc2C1c1ccc(F)cc1Cl. The van der Waals surface area contributed by atoms with Crippen molar-refractivity contribution in [2.45, 2.75) is 5.92 Å². The fourth-order valence-corrected chi connectivity index (χ4v) is 2.73. The number of hydrogen-bond donors (Lipinski definition) is 1. The van der Waals surface area contributed by atoms with Gasteiger partial charge in [-0.25, -0.2) is 4.39 Å². The summed E-state index contributed by atoms with van der Waals surface area (Å²) in [7, 11) is 0. The van der Waals surface area contributed by atoms with E-state index in [1.165, 1.54) is 18.2 Å². The third-order valence-electron chi connectivity index (χ3n) is 3.12. The molecule has 5 heteroatoms. The fourth-order valence-electron chi connectivity index (χ4n) is 2.28. The highest BCUT2D eigenvalue weighted by atomic mass is 35.5. The number of nitrogens with one attached hydrogen (secondary N) is 1. The Morgan fingerprint density at radius 2 is 1.84 bits per heavy atom. The lowest BCUT2D eigenvalue weighted by molar-refractivity contribution is -0.116. The van der Waals surface area contributed by atoms with E-state index < -0.39 is 11.7 Å². The molecule has 1 aliphatic heterocycles. The number of amides is 1. The van der Waals surface area contributed by atoms with Gasteiger partial charge in [0.05, 0.1) is 5.92 Å². The Hall–Kier alpha value is -1.58. The first kappa shape index (κ1) is 12.5. The van der Waals surface area contributed by atoms with Crippen LogP contribution in [0.15, 0.2) is 36.4 Å². The Morgan fingerprint density at radius 3 is 2.58 bits per heavy atom. The van der Waals surface area contributed by atoms with Gasteiger partial charge in [0.2, 0.25) is 5.91 Å². The van der Waals surface area contributed by atoms with E-state index in [0.717, 1.165) is 5.56 Å². The molecule has 1 atom stereocenters. The zero-order chi connectivity index (χ0) is 13.6. The maximum atomic E-state index is 13.1.